The number of hydrogen-bond donors (Lipinski definition) is 0. The fourth-order valence-electron chi connectivity index (χ4n) is 2.81. The van der Waals surface area contributed by atoms with Gasteiger partial charge in [0.05, 0.1) is 5.69 Å². The first-order valence-corrected chi connectivity index (χ1v) is 8.59. The number of imide groups is 1. The summed E-state index contributed by atoms with van der Waals surface area (Å²) in [5, 5.41) is 0.888. The molecule has 0 saturated carbocycles. The number of nitrogens with zero attached hydrogens (tertiary/aromatic N) is 2. The van der Waals surface area contributed by atoms with Crippen LogP contribution in [0.5, 0.6) is 0 Å². The molecule has 2 heterocycles. The third-order valence-corrected chi connectivity index (χ3v) is 4.44. The van der Waals surface area contributed by atoms with E-state index in [9.17, 15) is 19.2 Å². The second-order valence-electron chi connectivity index (χ2n) is 5.87. The minimum atomic E-state index is -0.546. The molecule has 1 saturated heterocycles. The van der Waals surface area contributed by atoms with E-state index >= 15 is 0 Å². The van der Waals surface area contributed by atoms with Crippen molar-refractivity contribution in [3.8, 4) is 0 Å². The summed E-state index contributed by atoms with van der Waals surface area (Å²) in [5.74, 6) is -1.63. The molecule has 2 aliphatic heterocycles. The van der Waals surface area contributed by atoms with Gasteiger partial charge in [0.1, 0.15) is 4.99 Å². The fraction of sp³-hybridized carbons (Fsp3) is 0.278. The molecule has 0 atom stereocenters. The lowest BCUT2D eigenvalue weighted by Crippen LogP contribution is -2.31. The topological polar surface area (TPSA) is 84.0 Å². The Bertz CT molecular complexity index is 799. The van der Waals surface area contributed by atoms with Crippen LogP contribution in [0.25, 0.3) is 0 Å². The van der Waals surface area contributed by atoms with Crippen LogP contribution < -0.4 is 4.90 Å². The first kappa shape index (κ1) is 17.9. The van der Waals surface area contributed by atoms with Crippen LogP contribution in [0, 0.1) is 0 Å². The van der Waals surface area contributed by atoms with Crippen molar-refractivity contribution in [3.63, 3.8) is 0 Å². The monoisotopic (exact) mass is 372 g/mol. The van der Waals surface area contributed by atoms with Gasteiger partial charge in [-0.15, -0.1) is 5.06 Å². The number of thiocarbonyl (C=S) groups is 1. The third-order valence-electron chi connectivity index (χ3n) is 4.07. The summed E-state index contributed by atoms with van der Waals surface area (Å²) in [5.41, 5.74) is 1.29. The predicted molar refractivity (Wildman–Crippen MR) is 95.8 cm³/mol. The van der Waals surface area contributed by atoms with E-state index in [2.05, 4.69) is 0 Å². The zero-order valence-corrected chi connectivity index (χ0v) is 14.7. The molecule has 3 amide bonds. The molecular weight excluding hydrogens is 356 g/mol. The molecule has 0 radical (unpaired) electrons. The Labute approximate surface area is 155 Å². The maximum atomic E-state index is 11.9. The van der Waals surface area contributed by atoms with E-state index in [0.29, 0.717) is 29.9 Å². The van der Waals surface area contributed by atoms with Crippen molar-refractivity contribution in [1.82, 2.24) is 5.06 Å². The number of carbonyl (C=O) groups is 4. The molecule has 0 unspecified atom stereocenters. The number of benzene rings is 1. The molecule has 26 heavy (non-hydrogen) atoms. The van der Waals surface area contributed by atoms with Crippen molar-refractivity contribution < 1.29 is 24.0 Å². The summed E-state index contributed by atoms with van der Waals surface area (Å²) in [4.78, 5) is 53.6. The Kier molecular flexibility index (Phi) is 5.22. The van der Waals surface area contributed by atoms with Crippen LogP contribution in [0.4, 0.5) is 5.69 Å². The highest BCUT2D eigenvalue weighted by Crippen LogP contribution is 2.25. The standard InChI is InChI=1S/C18H16N2O5S/c21-14-8-9-15(22)19(14)13-6-2-1-4-12(13)5-3-7-18(24)25-20-16(23)10-11-17(20)26/h1-2,4,6,8-9H,3,5,7,10-11H2. The summed E-state index contributed by atoms with van der Waals surface area (Å²) in [6.45, 7) is 0. The molecule has 8 heteroatoms. The predicted octanol–water partition coefficient (Wildman–Crippen LogP) is 1.85. The van der Waals surface area contributed by atoms with Gasteiger partial charge in [0, 0.05) is 31.4 Å². The molecule has 0 bridgehead atoms. The van der Waals surface area contributed by atoms with E-state index < -0.39 is 5.97 Å². The molecule has 0 aromatic heterocycles. The third kappa shape index (κ3) is 3.70. The molecule has 3 rings (SSSR count). The zero-order chi connectivity index (χ0) is 18.7. The van der Waals surface area contributed by atoms with Crippen molar-refractivity contribution in [2.24, 2.45) is 0 Å². The SMILES string of the molecule is O=C(CCCc1ccccc1N1C(=O)C=CC1=O)ON1C(=O)CCC1=S. The fourth-order valence-corrected chi connectivity index (χ4v) is 3.05. The zero-order valence-electron chi connectivity index (χ0n) is 13.8. The average Bonchev–Trinajstić information content (AvgIpc) is 3.11. The number of hydroxylamine groups is 2. The lowest BCUT2D eigenvalue weighted by Gasteiger charge is -2.18. The minimum Gasteiger partial charge on any atom is -0.333 e. The van der Waals surface area contributed by atoms with Gasteiger partial charge in [0.2, 0.25) is 0 Å². The van der Waals surface area contributed by atoms with Gasteiger partial charge in [0.25, 0.3) is 17.7 Å². The van der Waals surface area contributed by atoms with E-state index in [1.54, 1.807) is 24.3 Å². The van der Waals surface area contributed by atoms with Crippen LogP contribution in [0.3, 0.4) is 0 Å². The van der Waals surface area contributed by atoms with Crippen molar-refractivity contribution in [2.75, 3.05) is 4.90 Å². The molecular formula is C18H16N2O5S. The highest BCUT2D eigenvalue weighted by molar-refractivity contribution is 7.80. The van der Waals surface area contributed by atoms with Crippen LogP contribution in [0.2, 0.25) is 0 Å². The van der Waals surface area contributed by atoms with Gasteiger partial charge in [-0.05, 0) is 24.5 Å². The number of hydrogen-bond acceptors (Lipinski definition) is 6. The molecule has 1 aromatic carbocycles. The van der Waals surface area contributed by atoms with Gasteiger partial charge in [0.15, 0.2) is 0 Å². The smallest absolute Gasteiger partial charge is 0.333 e. The number of anilines is 1. The summed E-state index contributed by atoms with van der Waals surface area (Å²) in [6, 6.07) is 7.04. The first-order chi connectivity index (χ1) is 12.5. The Morgan fingerprint density at radius 2 is 1.77 bits per heavy atom. The van der Waals surface area contributed by atoms with E-state index in [-0.39, 0.29) is 30.6 Å². The van der Waals surface area contributed by atoms with Crippen LogP contribution in [-0.4, -0.2) is 33.7 Å². The number of aryl methyl sites for hydroxylation is 1. The van der Waals surface area contributed by atoms with Gasteiger partial charge in [-0.1, -0.05) is 30.4 Å². The second kappa shape index (κ2) is 7.57. The van der Waals surface area contributed by atoms with E-state index in [4.69, 9.17) is 17.1 Å². The summed E-state index contributed by atoms with van der Waals surface area (Å²) in [6.07, 6.45) is 4.13. The summed E-state index contributed by atoms with van der Waals surface area (Å²) < 4.78 is 0. The normalized spacial score (nSPS) is 16.8. The quantitative estimate of drug-likeness (QED) is 0.560. The van der Waals surface area contributed by atoms with Gasteiger partial charge in [-0.25, -0.2) is 9.69 Å². The highest BCUT2D eigenvalue weighted by atomic mass is 32.1. The van der Waals surface area contributed by atoms with Gasteiger partial charge in [-0.2, -0.15) is 0 Å². The number of amides is 3. The van der Waals surface area contributed by atoms with Gasteiger partial charge >= 0.3 is 5.97 Å². The van der Waals surface area contributed by atoms with Gasteiger partial charge < -0.3 is 4.84 Å². The molecule has 7 nitrogen and oxygen atoms in total. The van der Waals surface area contributed by atoms with Crippen LogP contribution in [0.1, 0.15) is 31.2 Å². The Morgan fingerprint density at radius 1 is 1.08 bits per heavy atom. The summed E-state index contributed by atoms with van der Waals surface area (Å²) >= 11 is 4.98. The molecule has 0 N–H and O–H groups in total. The van der Waals surface area contributed by atoms with Crippen LogP contribution >= 0.6 is 12.2 Å². The average molecular weight is 372 g/mol. The Hall–Kier alpha value is -2.87. The maximum absolute atomic E-state index is 11.9. The summed E-state index contributed by atoms with van der Waals surface area (Å²) in [7, 11) is 0. The van der Waals surface area contributed by atoms with Crippen molar-refractivity contribution in [2.45, 2.75) is 32.1 Å². The van der Waals surface area contributed by atoms with E-state index in [1.807, 2.05) is 0 Å². The molecule has 0 aliphatic carbocycles. The maximum Gasteiger partial charge on any atom is 0.333 e. The number of carbonyl (C=O) groups excluding carboxylic acids is 4. The van der Waals surface area contributed by atoms with Gasteiger partial charge in [-0.3, -0.25) is 14.4 Å². The van der Waals surface area contributed by atoms with E-state index in [1.165, 1.54) is 12.2 Å². The Balaban J connectivity index is 1.58. The largest absolute Gasteiger partial charge is 0.333 e. The molecule has 0 spiro atoms. The van der Waals surface area contributed by atoms with Crippen molar-refractivity contribution in [1.29, 1.82) is 0 Å². The van der Waals surface area contributed by atoms with Crippen molar-refractivity contribution in [3.05, 3.63) is 42.0 Å². The number of rotatable bonds is 6. The molecule has 2 aliphatic rings. The molecule has 1 fully saturated rings. The first-order valence-electron chi connectivity index (χ1n) is 8.18. The lowest BCUT2D eigenvalue weighted by atomic mass is 10.1. The Morgan fingerprint density at radius 3 is 2.42 bits per heavy atom. The van der Waals surface area contributed by atoms with Crippen LogP contribution in [0.15, 0.2) is 36.4 Å². The lowest BCUT2D eigenvalue weighted by molar-refractivity contribution is -0.179. The number of para-hydroxylation sites is 1. The molecule has 134 valence electrons. The van der Waals surface area contributed by atoms with Crippen LogP contribution in [-0.2, 0) is 30.4 Å². The minimum absolute atomic E-state index is 0.0842. The second-order valence-corrected chi connectivity index (χ2v) is 6.34. The van der Waals surface area contributed by atoms with Crippen molar-refractivity contribution >= 4 is 46.6 Å². The molecule has 1 aromatic rings. The highest BCUT2D eigenvalue weighted by Gasteiger charge is 2.30. The van der Waals surface area contributed by atoms with E-state index in [0.717, 1.165) is 15.5 Å².